The van der Waals surface area contributed by atoms with Crippen LogP contribution in [0.25, 0.3) is 0 Å². The molecular weight excluding hydrogens is 510 g/mol. The fourth-order valence-corrected chi connectivity index (χ4v) is 6.80. The van der Waals surface area contributed by atoms with E-state index < -0.39 is 22.4 Å². The Morgan fingerprint density at radius 1 is 1.00 bits per heavy atom. The molecule has 1 spiro atoms. The zero-order chi connectivity index (χ0) is 27.6. The second kappa shape index (κ2) is 8.85. The smallest absolute Gasteiger partial charge is 0.334 e. The summed E-state index contributed by atoms with van der Waals surface area (Å²) in [6.07, 6.45) is 0.226. The molecule has 10 heteroatoms. The van der Waals surface area contributed by atoms with Gasteiger partial charge >= 0.3 is 5.69 Å². The molecule has 3 atom stereocenters. The summed E-state index contributed by atoms with van der Waals surface area (Å²) in [6.45, 7) is 2.16. The Hall–Kier alpha value is -4.83. The quantitative estimate of drug-likeness (QED) is 0.271. The highest BCUT2D eigenvalue weighted by molar-refractivity contribution is 6.10. The van der Waals surface area contributed by atoms with Gasteiger partial charge in [-0.05, 0) is 24.1 Å². The van der Waals surface area contributed by atoms with Crippen LogP contribution in [0.15, 0.2) is 89.5 Å². The lowest BCUT2D eigenvalue weighted by atomic mass is 9.72. The van der Waals surface area contributed by atoms with E-state index >= 15 is 4.79 Å². The number of carbonyl (C=O) groups excluding carboxylic acids is 2. The van der Waals surface area contributed by atoms with Crippen molar-refractivity contribution in [2.75, 3.05) is 11.4 Å². The first-order valence-electron chi connectivity index (χ1n) is 13.1. The minimum Gasteiger partial charge on any atom is -0.353 e. The molecule has 2 saturated heterocycles. The van der Waals surface area contributed by atoms with E-state index in [1.165, 1.54) is 6.92 Å². The number of aryl methyl sites for hydroxylation is 1. The van der Waals surface area contributed by atoms with Crippen molar-refractivity contribution in [1.82, 2.24) is 15.2 Å². The van der Waals surface area contributed by atoms with Gasteiger partial charge in [-0.1, -0.05) is 84.0 Å². The molecule has 0 saturated carbocycles. The van der Waals surface area contributed by atoms with Crippen LogP contribution in [0.4, 0.5) is 11.4 Å². The van der Waals surface area contributed by atoms with Gasteiger partial charge in [0.2, 0.25) is 11.7 Å². The van der Waals surface area contributed by atoms with E-state index in [0.29, 0.717) is 17.8 Å². The van der Waals surface area contributed by atoms with Crippen LogP contribution < -0.4 is 4.90 Å². The molecule has 3 unspecified atom stereocenters. The summed E-state index contributed by atoms with van der Waals surface area (Å²) >= 11 is 0. The number of nitrogens with zero attached hydrogens (tertiary/aromatic N) is 5. The molecule has 2 amide bonds. The van der Waals surface area contributed by atoms with Crippen LogP contribution in [0.5, 0.6) is 0 Å². The molecule has 2 fully saturated rings. The van der Waals surface area contributed by atoms with Gasteiger partial charge in [-0.15, -0.1) is 0 Å². The number of aromatic nitrogens is 1. The number of hydrazine groups is 1. The monoisotopic (exact) mass is 535 g/mol. The van der Waals surface area contributed by atoms with E-state index in [1.54, 1.807) is 9.91 Å². The van der Waals surface area contributed by atoms with Gasteiger partial charge < -0.3 is 9.42 Å². The fraction of sp³-hybridized carbons (Fsp3) is 0.233. The van der Waals surface area contributed by atoms with Crippen LogP contribution in [-0.4, -0.2) is 38.5 Å². The maximum atomic E-state index is 15.0. The van der Waals surface area contributed by atoms with Crippen molar-refractivity contribution >= 4 is 23.2 Å². The van der Waals surface area contributed by atoms with Crippen LogP contribution in [0, 0.1) is 17.0 Å². The van der Waals surface area contributed by atoms with Crippen molar-refractivity contribution < 1.29 is 19.0 Å². The number of amides is 2. The van der Waals surface area contributed by atoms with Crippen molar-refractivity contribution in [2.24, 2.45) is 0 Å². The van der Waals surface area contributed by atoms with Gasteiger partial charge in [0, 0.05) is 18.5 Å². The molecule has 0 N–H and O–H groups in total. The summed E-state index contributed by atoms with van der Waals surface area (Å²) in [5.41, 5.74) is 1.26. The third kappa shape index (κ3) is 3.16. The van der Waals surface area contributed by atoms with Gasteiger partial charge in [0.1, 0.15) is 0 Å². The summed E-state index contributed by atoms with van der Waals surface area (Å²) < 4.78 is 5.77. The van der Waals surface area contributed by atoms with Gasteiger partial charge in [0.15, 0.2) is 11.2 Å². The van der Waals surface area contributed by atoms with Crippen molar-refractivity contribution in [3.05, 3.63) is 123 Å². The molecule has 4 aromatic rings. The Morgan fingerprint density at radius 2 is 1.68 bits per heavy atom. The summed E-state index contributed by atoms with van der Waals surface area (Å²) in [6, 6.07) is 25.9. The summed E-state index contributed by atoms with van der Waals surface area (Å²) in [5.74, 6) is -1.49. The van der Waals surface area contributed by atoms with Crippen molar-refractivity contribution in [3.8, 4) is 0 Å². The number of rotatable bonds is 5. The third-order valence-corrected chi connectivity index (χ3v) is 8.29. The van der Waals surface area contributed by atoms with Crippen LogP contribution in [0.3, 0.4) is 0 Å². The van der Waals surface area contributed by atoms with E-state index in [9.17, 15) is 14.9 Å². The number of carbonyl (C=O) groups is 2. The zero-order valence-corrected chi connectivity index (χ0v) is 21.6. The zero-order valence-electron chi connectivity index (χ0n) is 21.6. The average Bonchev–Trinajstić information content (AvgIpc) is 3.68. The number of benzene rings is 3. The Morgan fingerprint density at radius 3 is 2.40 bits per heavy atom. The maximum Gasteiger partial charge on any atom is 0.334 e. The lowest BCUT2D eigenvalue weighted by Gasteiger charge is -2.35. The number of hydrogen-bond acceptors (Lipinski definition) is 7. The van der Waals surface area contributed by atoms with E-state index in [-0.39, 0.29) is 41.9 Å². The number of para-hydroxylation sites is 1. The first-order chi connectivity index (χ1) is 19.4. The SMILES string of the molecule is Cc1noc(C2C(c3ccccc3)N3CCC(=O)N3C23C(=O)N(Cc2ccccc2)c2ccccc23)c1[N+](=O)[O-]. The van der Waals surface area contributed by atoms with Gasteiger partial charge in [-0.2, -0.15) is 0 Å². The summed E-state index contributed by atoms with van der Waals surface area (Å²) in [4.78, 5) is 42.3. The standard InChI is InChI=1S/C30H25N5O5/c1-19-26(35(38)39)28(40-31-19)25-27(21-12-6-3-7-13-21)33-17-16-24(36)34(33)30(25)22-14-8-9-15-23(22)32(29(30)37)18-20-10-4-2-5-11-20/h2-15,25,27H,16-18H2,1H3. The van der Waals surface area contributed by atoms with E-state index in [1.807, 2.05) is 89.9 Å². The average molecular weight is 536 g/mol. The number of anilines is 1. The minimum atomic E-state index is -1.60. The van der Waals surface area contributed by atoms with Gasteiger partial charge in [0.05, 0.1) is 29.1 Å². The molecule has 40 heavy (non-hydrogen) atoms. The summed E-state index contributed by atoms with van der Waals surface area (Å²) in [7, 11) is 0. The fourth-order valence-electron chi connectivity index (χ4n) is 6.80. The number of nitro groups is 1. The molecule has 0 radical (unpaired) electrons. The van der Waals surface area contributed by atoms with Gasteiger partial charge in [0.25, 0.3) is 5.91 Å². The third-order valence-electron chi connectivity index (χ3n) is 8.29. The second-order valence-electron chi connectivity index (χ2n) is 10.4. The van der Waals surface area contributed by atoms with Crippen LogP contribution >= 0.6 is 0 Å². The molecule has 1 aromatic heterocycles. The molecule has 4 heterocycles. The van der Waals surface area contributed by atoms with Crippen molar-refractivity contribution in [1.29, 1.82) is 0 Å². The molecule has 0 aliphatic carbocycles. The highest BCUT2D eigenvalue weighted by Gasteiger charge is 2.73. The number of fused-ring (bicyclic) bond motifs is 4. The first kappa shape index (κ1) is 24.2. The normalized spacial score (nSPS) is 23.7. The molecule has 3 aromatic carbocycles. The topological polar surface area (TPSA) is 113 Å². The summed E-state index contributed by atoms with van der Waals surface area (Å²) in [5, 5.41) is 19.8. The lowest BCUT2D eigenvalue weighted by Crippen LogP contribution is -2.54. The highest BCUT2D eigenvalue weighted by atomic mass is 16.6. The number of hydrogen-bond donors (Lipinski definition) is 0. The van der Waals surface area contributed by atoms with Crippen molar-refractivity contribution in [3.63, 3.8) is 0 Å². The first-order valence-corrected chi connectivity index (χ1v) is 13.1. The molecule has 3 aliphatic rings. The van der Waals surface area contributed by atoms with Crippen LogP contribution in [-0.2, 0) is 21.7 Å². The van der Waals surface area contributed by atoms with E-state index in [2.05, 4.69) is 5.16 Å². The Labute approximate surface area is 229 Å². The molecule has 3 aliphatic heterocycles. The predicted molar refractivity (Wildman–Crippen MR) is 144 cm³/mol. The Kier molecular flexibility index (Phi) is 5.36. The van der Waals surface area contributed by atoms with E-state index in [4.69, 9.17) is 4.52 Å². The Balaban J connectivity index is 1.53. The van der Waals surface area contributed by atoms with Gasteiger partial charge in [-0.25, -0.2) is 5.01 Å². The maximum absolute atomic E-state index is 15.0. The largest absolute Gasteiger partial charge is 0.353 e. The van der Waals surface area contributed by atoms with E-state index in [0.717, 1.165) is 11.1 Å². The van der Waals surface area contributed by atoms with Crippen LogP contribution in [0.2, 0.25) is 0 Å². The molecule has 0 bridgehead atoms. The molecule has 10 nitrogen and oxygen atoms in total. The Bertz CT molecular complexity index is 1660. The second-order valence-corrected chi connectivity index (χ2v) is 10.4. The highest BCUT2D eigenvalue weighted by Crippen LogP contribution is 2.65. The van der Waals surface area contributed by atoms with Gasteiger partial charge in [-0.3, -0.25) is 24.7 Å². The van der Waals surface area contributed by atoms with Crippen LogP contribution in [0.1, 0.15) is 46.5 Å². The lowest BCUT2D eigenvalue weighted by molar-refractivity contribution is -0.386. The molecule has 7 rings (SSSR count). The predicted octanol–water partition coefficient (Wildman–Crippen LogP) is 4.62. The minimum absolute atomic E-state index is 0.0109. The molecular formula is C30H25N5O5. The van der Waals surface area contributed by atoms with Crippen molar-refractivity contribution in [2.45, 2.75) is 37.4 Å². The molecule has 200 valence electrons.